The van der Waals surface area contributed by atoms with Crippen LogP contribution >= 0.6 is 0 Å². The number of aliphatic hydroxyl groups excluding tert-OH is 1. The maximum absolute atomic E-state index is 12.8. The van der Waals surface area contributed by atoms with Gasteiger partial charge in [0.15, 0.2) is 0 Å². The number of ether oxygens (including phenoxy) is 1. The van der Waals surface area contributed by atoms with E-state index in [1.54, 1.807) is 24.4 Å². The van der Waals surface area contributed by atoms with Crippen molar-refractivity contribution < 1.29 is 14.6 Å². The van der Waals surface area contributed by atoms with E-state index >= 15 is 0 Å². The molecule has 0 bridgehead atoms. The van der Waals surface area contributed by atoms with Crippen LogP contribution in [0.2, 0.25) is 0 Å². The molecule has 1 fully saturated rings. The first-order chi connectivity index (χ1) is 11.6. The Bertz CT molecular complexity index is 732. The number of rotatable bonds is 4. The van der Waals surface area contributed by atoms with E-state index in [0.717, 1.165) is 22.4 Å². The Labute approximate surface area is 141 Å². The minimum absolute atomic E-state index is 0.0219. The van der Waals surface area contributed by atoms with Gasteiger partial charge in [-0.15, -0.1) is 0 Å². The molecule has 0 radical (unpaired) electrons. The van der Waals surface area contributed by atoms with Crippen LogP contribution in [0.3, 0.4) is 0 Å². The van der Waals surface area contributed by atoms with Crippen molar-refractivity contribution in [3.05, 3.63) is 59.4 Å². The Morgan fingerprint density at radius 2 is 2.25 bits per heavy atom. The molecule has 1 aromatic carbocycles. The number of β-amino-alcohol motifs (C(OH)–C–C–N with tert-alkyl or cyclic N) is 1. The van der Waals surface area contributed by atoms with Crippen molar-refractivity contribution >= 4 is 5.91 Å². The molecule has 0 aliphatic carbocycles. The number of likely N-dealkylation sites (tertiary alicyclic amines) is 1. The molecule has 1 aromatic heterocycles. The van der Waals surface area contributed by atoms with Crippen LogP contribution in [0.5, 0.6) is 5.75 Å². The molecule has 5 nitrogen and oxygen atoms in total. The number of carbonyl (C=O) groups is 1. The number of aryl methyl sites for hydroxylation is 1. The lowest BCUT2D eigenvalue weighted by Gasteiger charge is -2.25. The van der Waals surface area contributed by atoms with E-state index in [4.69, 9.17) is 4.74 Å². The number of hydrogen-bond donors (Lipinski definition) is 1. The van der Waals surface area contributed by atoms with Gasteiger partial charge in [0.2, 0.25) is 5.91 Å². The number of aliphatic hydroxyl groups is 1. The van der Waals surface area contributed by atoms with Crippen molar-refractivity contribution in [3.8, 4) is 5.75 Å². The van der Waals surface area contributed by atoms with Gasteiger partial charge in [0.1, 0.15) is 5.75 Å². The number of benzene rings is 1. The van der Waals surface area contributed by atoms with E-state index in [-0.39, 0.29) is 11.9 Å². The fourth-order valence-electron chi connectivity index (χ4n) is 3.22. The maximum Gasteiger partial charge on any atom is 0.227 e. The highest BCUT2D eigenvalue weighted by molar-refractivity contribution is 5.80. The maximum atomic E-state index is 12.8. The largest absolute Gasteiger partial charge is 0.497 e. The van der Waals surface area contributed by atoms with E-state index in [2.05, 4.69) is 4.98 Å². The third-order valence-corrected chi connectivity index (χ3v) is 4.56. The van der Waals surface area contributed by atoms with Crippen LogP contribution in [0.4, 0.5) is 0 Å². The summed E-state index contributed by atoms with van der Waals surface area (Å²) in [5, 5.41) is 10.1. The van der Waals surface area contributed by atoms with Crippen molar-refractivity contribution in [2.45, 2.75) is 31.9 Å². The van der Waals surface area contributed by atoms with E-state index in [0.29, 0.717) is 19.4 Å². The summed E-state index contributed by atoms with van der Waals surface area (Å²) in [5.74, 6) is 0.778. The molecule has 5 heteroatoms. The van der Waals surface area contributed by atoms with Crippen LogP contribution in [0.1, 0.15) is 29.2 Å². The minimum Gasteiger partial charge on any atom is -0.497 e. The number of aromatic nitrogens is 1. The SMILES string of the molecule is COc1cccc([C@H]2C[C@H](O)CN2C(=O)Cc2ccncc2C)c1. The first kappa shape index (κ1) is 16.5. The van der Waals surface area contributed by atoms with Gasteiger partial charge in [-0.3, -0.25) is 9.78 Å². The molecular formula is C19H22N2O3. The summed E-state index contributed by atoms with van der Waals surface area (Å²) in [7, 11) is 1.62. The predicted molar refractivity (Wildman–Crippen MR) is 90.7 cm³/mol. The van der Waals surface area contributed by atoms with Crippen LogP contribution in [-0.4, -0.2) is 40.7 Å². The monoisotopic (exact) mass is 326 g/mol. The first-order valence-corrected chi connectivity index (χ1v) is 8.09. The third kappa shape index (κ3) is 3.41. The average molecular weight is 326 g/mol. The van der Waals surface area contributed by atoms with E-state index < -0.39 is 6.10 Å². The molecule has 1 saturated heterocycles. The number of carbonyl (C=O) groups excluding carboxylic acids is 1. The standard InChI is InChI=1S/C19H22N2O3/c1-13-11-20-7-6-14(13)9-19(23)21-12-16(22)10-18(21)15-4-3-5-17(8-15)24-2/h3-8,11,16,18,22H,9-10,12H2,1-2H3/t16-,18+/m0/s1. The van der Waals surface area contributed by atoms with Crippen molar-refractivity contribution in [1.29, 1.82) is 0 Å². The van der Waals surface area contributed by atoms with Crippen LogP contribution in [0, 0.1) is 6.92 Å². The number of methoxy groups -OCH3 is 1. The van der Waals surface area contributed by atoms with Gasteiger partial charge in [-0.05, 0) is 48.2 Å². The fraction of sp³-hybridized carbons (Fsp3) is 0.368. The van der Waals surface area contributed by atoms with Crippen molar-refractivity contribution in [2.24, 2.45) is 0 Å². The lowest BCUT2D eigenvalue weighted by molar-refractivity contribution is -0.131. The molecule has 0 unspecified atom stereocenters. The summed E-state index contributed by atoms with van der Waals surface area (Å²) in [4.78, 5) is 18.7. The van der Waals surface area contributed by atoms with Gasteiger partial charge in [0.05, 0.1) is 25.7 Å². The molecule has 1 aliphatic rings. The van der Waals surface area contributed by atoms with Crippen LogP contribution in [0.25, 0.3) is 0 Å². The topological polar surface area (TPSA) is 62.7 Å². The molecule has 1 amide bonds. The Balaban J connectivity index is 1.82. The van der Waals surface area contributed by atoms with E-state index in [1.807, 2.05) is 37.3 Å². The fourth-order valence-corrected chi connectivity index (χ4v) is 3.22. The van der Waals surface area contributed by atoms with Gasteiger partial charge in [0, 0.05) is 18.9 Å². The van der Waals surface area contributed by atoms with Crippen molar-refractivity contribution in [2.75, 3.05) is 13.7 Å². The minimum atomic E-state index is -0.497. The van der Waals surface area contributed by atoms with Gasteiger partial charge in [-0.2, -0.15) is 0 Å². The second kappa shape index (κ2) is 7.01. The van der Waals surface area contributed by atoms with Crippen LogP contribution < -0.4 is 4.74 Å². The normalized spacial score (nSPS) is 20.2. The predicted octanol–water partition coefficient (Wildman–Crippen LogP) is 2.28. The van der Waals surface area contributed by atoms with E-state index in [1.165, 1.54) is 0 Å². The third-order valence-electron chi connectivity index (χ3n) is 4.56. The van der Waals surface area contributed by atoms with Gasteiger partial charge in [0.25, 0.3) is 0 Å². The molecule has 24 heavy (non-hydrogen) atoms. The smallest absolute Gasteiger partial charge is 0.227 e. The lowest BCUT2D eigenvalue weighted by Crippen LogP contribution is -2.33. The molecule has 0 spiro atoms. The van der Waals surface area contributed by atoms with Gasteiger partial charge >= 0.3 is 0 Å². The van der Waals surface area contributed by atoms with E-state index in [9.17, 15) is 9.90 Å². The van der Waals surface area contributed by atoms with Crippen molar-refractivity contribution in [1.82, 2.24) is 9.88 Å². The summed E-state index contributed by atoms with van der Waals surface area (Å²) in [5.41, 5.74) is 2.97. The highest BCUT2D eigenvalue weighted by Crippen LogP contribution is 2.34. The van der Waals surface area contributed by atoms with Crippen molar-refractivity contribution in [3.63, 3.8) is 0 Å². The molecule has 1 N–H and O–H groups in total. The summed E-state index contributed by atoms with van der Waals surface area (Å²) in [6, 6.07) is 9.45. The highest BCUT2D eigenvalue weighted by Gasteiger charge is 2.35. The van der Waals surface area contributed by atoms with Crippen LogP contribution in [0.15, 0.2) is 42.7 Å². The molecule has 1 aliphatic heterocycles. The second-order valence-corrected chi connectivity index (χ2v) is 6.21. The zero-order valence-electron chi connectivity index (χ0n) is 14.0. The van der Waals surface area contributed by atoms with Gasteiger partial charge < -0.3 is 14.7 Å². The van der Waals surface area contributed by atoms with Gasteiger partial charge in [-0.1, -0.05) is 12.1 Å². The summed E-state index contributed by atoms with van der Waals surface area (Å²) in [6.07, 6.45) is 3.84. The molecule has 0 saturated carbocycles. The Morgan fingerprint density at radius 1 is 1.42 bits per heavy atom. The molecule has 126 valence electrons. The molecule has 2 atom stereocenters. The zero-order valence-corrected chi connectivity index (χ0v) is 14.0. The molecule has 2 heterocycles. The second-order valence-electron chi connectivity index (χ2n) is 6.21. The number of hydrogen-bond acceptors (Lipinski definition) is 4. The Kier molecular flexibility index (Phi) is 4.81. The average Bonchev–Trinajstić information content (AvgIpc) is 2.99. The Hall–Kier alpha value is -2.40. The number of pyridine rings is 1. The Morgan fingerprint density at radius 3 is 3.00 bits per heavy atom. The van der Waals surface area contributed by atoms with Crippen LogP contribution in [-0.2, 0) is 11.2 Å². The molecular weight excluding hydrogens is 304 g/mol. The molecule has 3 rings (SSSR count). The summed E-state index contributed by atoms with van der Waals surface area (Å²) >= 11 is 0. The quantitative estimate of drug-likeness (QED) is 0.936. The number of amides is 1. The first-order valence-electron chi connectivity index (χ1n) is 8.09. The summed E-state index contributed by atoms with van der Waals surface area (Å²) < 4.78 is 5.28. The molecule has 2 aromatic rings. The number of nitrogens with zero attached hydrogens (tertiary/aromatic N) is 2. The van der Waals surface area contributed by atoms with Gasteiger partial charge in [-0.25, -0.2) is 0 Å². The lowest BCUT2D eigenvalue weighted by atomic mass is 10.0. The summed E-state index contributed by atoms with van der Waals surface area (Å²) in [6.45, 7) is 2.32. The zero-order chi connectivity index (χ0) is 17.1. The highest BCUT2D eigenvalue weighted by atomic mass is 16.5.